The van der Waals surface area contributed by atoms with Gasteiger partial charge in [0.05, 0.1) is 31.0 Å². The number of halogens is 1. The van der Waals surface area contributed by atoms with Crippen molar-refractivity contribution in [2.45, 2.75) is 18.9 Å². The van der Waals surface area contributed by atoms with Gasteiger partial charge in [-0.2, -0.15) is 0 Å². The van der Waals surface area contributed by atoms with Gasteiger partial charge in [-0.1, -0.05) is 11.6 Å². The van der Waals surface area contributed by atoms with Gasteiger partial charge in [0.1, 0.15) is 11.6 Å². The molecule has 4 heterocycles. The van der Waals surface area contributed by atoms with Gasteiger partial charge < -0.3 is 24.7 Å². The largest absolute Gasteiger partial charge is 0.469 e. The standard InChI is InChI=1S/C22H31ClN6O2/c23-20-4-1-7-24-21(20)29-10-6-18(17-29)27-22(25-8-5-19-3-2-14-31-19)26-9-11-28-12-15-30-16-13-28/h1-4,7,14,18H,5-6,8-13,15-17H2,(H2,25,26,27). The van der Waals surface area contributed by atoms with Gasteiger partial charge in [-0.05, 0) is 30.7 Å². The molecule has 2 aromatic heterocycles. The summed E-state index contributed by atoms with van der Waals surface area (Å²) in [5, 5.41) is 7.76. The highest BCUT2D eigenvalue weighted by Gasteiger charge is 2.25. The molecule has 31 heavy (non-hydrogen) atoms. The number of furan rings is 1. The fraction of sp³-hybridized carbons (Fsp3) is 0.545. The molecule has 2 aliphatic rings. The Kier molecular flexibility index (Phi) is 8.04. The summed E-state index contributed by atoms with van der Waals surface area (Å²) >= 11 is 6.33. The summed E-state index contributed by atoms with van der Waals surface area (Å²) in [7, 11) is 0. The van der Waals surface area contributed by atoms with Gasteiger partial charge >= 0.3 is 0 Å². The summed E-state index contributed by atoms with van der Waals surface area (Å²) in [4.78, 5) is 13.9. The number of ether oxygens (including phenoxy) is 1. The number of nitrogens with one attached hydrogen (secondary N) is 2. The van der Waals surface area contributed by atoms with E-state index in [2.05, 4.69) is 25.4 Å². The van der Waals surface area contributed by atoms with E-state index in [9.17, 15) is 0 Å². The Morgan fingerprint density at radius 2 is 2.13 bits per heavy atom. The van der Waals surface area contributed by atoms with Crippen LogP contribution in [-0.2, 0) is 11.2 Å². The number of pyridine rings is 1. The number of hydrogen-bond donors (Lipinski definition) is 2. The summed E-state index contributed by atoms with van der Waals surface area (Å²) in [6.45, 7) is 7.79. The van der Waals surface area contributed by atoms with Crippen molar-refractivity contribution in [1.82, 2.24) is 20.5 Å². The van der Waals surface area contributed by atoms with Gasteiger partial charge in [0.15, 0.2) is 5.96 Å². The van der Waals surface area contributed by atoms with E-state index in [1.54, 1.807) is 12.5 Å². The Balaban J connectivity index is 1.31. The Bertz CT molecular complexity index is 825. The van der Waals surface area contributed by atoms with Gasteiger partial charge in [0, 0.05) is 57.9 Å². The van der Waals surface area contributed by atoms with Crippen LogP contribution in [-0.4, -0.2) is 80.9 Å². The topological polar surface area (TPSA) is 78.2 Å². The zero-order valence-electron chi connectivity index (χ0n) is 17.8. The van der Waals surface area contributed by atoms with Gasteiger partial charge in [-0.3, -0.25) is 9.89 Å². The number of anilines is 1. The summed E-state index contributed by atoms with van der Waals surface area (Å²) in [6, 6.07) is 7.95. The van der Waals surface area contributed by atoms with Crippen LogP contribution in [0, 0.1) is 0 Å². The SMILES string of the molecule is Clc1cccnc1N1CCC(NC(=NCCN2CCOCC2)NCCc2ccco2)C1. The summed E-state index contributed by atoms with van der Waals surface area (Å²) in [6.07, 6.45) is 5.32. The van der Waals surface area contributed by atoms with Crippen molar-refractivity contribution in [3.63, 3.8) is 0 Å². The first-order chi connectivity index (χ1) is 15.3. The Morgan fingerprint density at radius 1 is 1.23 bits per heavy atom. The molecule has 2 aromatic rings. The van der Waals surface area contributed by atoms with E-state index in [1.807, 2.05) is 24.3 Å². The number of guanidine groups is 1. The number of aliphatic imine (C=N–C) groups is 1. The molecule has 0 bridgehead atoms. The molecule has 0 radical (unpaired) electrons. The van der Waals surface area contributed by atoms with Crippen LogP contribution in [0.15, 0.2) is 46.1 Å². The molecule has 2 N–H and O–H groups in total. The van der Waals surface area contributed by atoms with Crippen LogP contribution < -0.4 is 15.5 Å². The molecule has 4 rings (SSSR count). The van der Waals surface area contributed by atoms with Crippen molar-refractivity contribution in [3.05, 3.63) is 47.5 Å². The molecule has 0 aliphatic carbocycles. The molecule has 0 spiro atoms. The molecular formula is C22H31ClN6O2. The average Bonchev–Trinajstić information content (AvgIpc) is 3.47. The maximum Gasteiger partial charge on any atom is 0.191 e. The third-order valence-electron chi connectivity index (χ3n) is 5.60. The summed E-state index contributed by atoms with van der Waals surface area (Å²) < 4.78 is 10.9. The van der Waals surface area contributed by atoms with Crippen molar-refractivity contribution < 1.29 is 9.15 Å². The lowest BCUT2D eigenvalue weighted by Gasteiger charge is -2.26. The second-order valence-electron chi connectivity index (χ2n) is 7.83. The van der Waals surface area contributed by atoms with E-state index < -0.39 is 0 Å². The van der Waals surface area contributed by atoms with Crippen LogP contribution in [0.3, 0.4) is 0 Å². The highest BCUT2D eigenvalue weighted by atomic mass is 35.5. The first kappa shape index (κ1) is 21.9. The predicted molar refractivity (Wildman–Crippen MR) is 123 cm³/mol. The lowest BCUT2D eigenvalue weighted by molar-refractivity contribution is 0.0394. The zero-order valence-corrected chi connectivity index (χ0v) is 18.6. The molecule has 1 unspecified atom stereocenters. The monoisotopic (exact) mass is 446 g/mol. The van der Waals surface area contributed by atoms with Crippen LogP contribution in [0.4, 0.5) is 5.82 Å². The van der Waals surface area contributed by atoms with E-state index in [-0.39, 0.29) is 6.04 Å². The van der Waals surface area contributed by atoms with Crippen molar-refractivity contribution in [2.75, 3.05) is 63.9 Å². The minimum Gasteiger partial charge on any atom is -0.469 e. The molecule has 0 aromatic carbocycles. The predicted octanol–water partition coefficient (Wildman–Crippen LogP) is 2.02. The van der Waals surface area contributed by atoms with E-state index in [0.717, 1.165) is 89.4 Å². The molecule has 2 fully saturated rings. The van der Waals surface area contributed by atoms with E-state index in [4.69, 9.17) is 25.7 Å². The number of hydrogen-bond acceptors (Lipinski definition) is 6. The van der Waals surface area contributed by atoms with Crippen LogP contribution >= 0.6 is 11.6 Å². The lowest BCUT2D eigenvalue weighted by Crippen LogP contribution is -2.46. The van der Waals surface area contributed by atoms with Crippen LogP contribution in [0.25, 0.3) is 0 Å². The maximum atomic E-state index is 6.33. The number of rotatable bonds is 8. The molecule has 9 heteroatoms. The first-order valence-corrected chi connectivity index (χ1v) is 11.4. The van der Waals surface area contributed by atoms with Crippen molar-refractivity contribution in [3.8, 4) is 0 Å². The van der Waals surface area contributed by atoms with Crippen molar-refractivity contribution >= 4 is 23.4 Å². The molecule has 2 saturated heterocycles. The first-order valence-electron chi connectivity index (χ1n) is 11.0. The number of morpholine rings is 1. The molecule has 0 saturated carbocycles. The van der Waals surface area contributed by atoms with Gasteiger partial charge in [0.25, 0.3) is 0 Å². The summed E-state index contributed by atoms with van der Waals surface area (Å²) in [5.74, 6) is 2.67. The average molecular weight is 447 g/mol. The molecule has 2 aliphatic heterocycles. The smallest absolute Gasteiger partial charge is 0.191 e. The lowest BCUT2D eigenvalue weighted by atomic mass is 10.3. The second kappa shape index (κ2) is 11.4. The van der Waals surface area contributed by atoms with Crippen LogP contribution in [0.5, 0.6) is 0 Å². The van der Waals surface area contributed by atoms with Crippen molar-refractivity contribution in [1.29, 1.82) is 0 Å². The molecule has 8 nitrogen and oxygen atoms in total. The zero-order chi connectivity index (χ0) is 21.3. The number of aromatic nitrogens is 1. The van der Waals surface area contributed by atoms with E-state index >= 15 is 0 Å². The quantitative estimate of drug-likeness (QED) is 0.474. The maximum absolute atomic E-state index is 6.33. The van der Waals surface area contributed by atoms with E-state index in [0.29, 0.717) is 5.02 Å². The van der Waals surface area contributed by atoms with E-state index in [1.165, 1.54) is 0 Å². The fourth-order valence-corrected chi connectivity index (χ4v) is 4.15. The van der Waals surface area contributed by atoms with Gasteiger partial charge in [0.2, 0.25) is 0 Å². The van der Waals surface area contributed by atoms with Crippen LogP contribution in [0.1, 0.15) is 12.2 Å². The minimum atomic E-state index is 0.288. The molecule has 1 atom stereocenters. The highest BCUT2D eigenvalue weighted by molar-refractivity contribution is 6.32. The Hall–Kier alpha value is -2.29. The third kappa shape index (κ3) is 6.59. The Labute approximate surface area is 188 Å². The summed E-state index contributed by atoms with van der Waals surface area (Å²) in [5.41, 5.74) is 0. The third-order valence-corrected chi connectivity index (χ3v) is 5.90. The normalized spacial score (nSPS) is 20.2. The molecule has 168 valence electrons. The molecule has 0 amide bonds. The van der Waals surface area contributed by atoms with Crippen LogP contribution in [0.2, 0.25) is 5.02 Å². The fourth-order valence-electron chi connectivity index (χ4n) is 3.91. The molecular weight excluding hydrogens is 416 g/mol. The van der Waals surface area contributed by atoms with Crippen molar-refractivity contribution in [2.24, 2.45) is 4.99 Å². The second-order valence-corrected chi connectivity index (χ2v) is 8.23. The Morgan fingerprint density at radius 3 is 2.94 bits per heavy atom. The highest BCUT2D eigenvalue weighted by Crippen LogP contribution is 2.25. The van der Waals surface area contributed by atoms with Gasteiger partial charge in [-0.15, -0.1) is 0 Å². The number of nitrogens with zero attached hydrogens (tertiary/aromatic N) is 4. The van der Waals surface area contributed by atoms with Gasteiger partial charge in [-0.25, -0.2) is 4.98 Å². The minimum absolute atomic E-state index is 0.288.